The van der Waals surface area contributed by atoms with Gasteiger partial charge in [-0.2, -0.15) is 0 Å². The van der Waals surface area contributed by atoms with E-state index in [0.717, 1.165) is 24.0 Å². The van der Waals surface area contributed by atoms with E-state index in [1.54, 1.807) is 18.2 Å². The van der Waals surface area contributed by atoms with Crippen LogP contribution in [-0.4, -0.2) is 26.1 Å². The van der Waals surface area contributed by atoms with Crippen LogP contribution < -0.4 is 19.5 Å². The second kappa shape index (κ2) is 13.9. The summed E-state index contributed by atoms with van der Waals surface area (Å²) in [5.41, 5.74) is 2.08. The van der Waals surface area contributed by atoms with E-state index in [-0.39, 0.29) is 16.1 Å². The van der Waals surface area contributed by atoms with Gasteiger partial charge in [0.2, 0.25) is 0 Å². The Morgan fingerprint density at radius 2 is 1.68 bits per heavy atom. The zero-order chi connectivity index (χ0) is 29.2. The first-order valence-corrected chi connectivity index (χ1v) is 14.9. The largest absolute Gasteiger partial charge is 0.494 e. The number of carbonyl (C=O) groups is 1. The molecule has 4 aromatic rings. The molecule has 10 heteroatoms. The molecule has 41 heavy (non-hydrogen) atoms. The maximum Gasteiger partial charge on any atom is 0.337 e. The van der Waals surface area contributed by atoms with Gasteiger partial charge in [-0.15, -0.1) is 0 Å². The van der Waals surface area contributed by atoms with E-state index in [1.807, 2.05) is 48.5 Å². The molecule has 0 bridgehead atoms. The Morgan fingerprint density at radius 3 is 2.41 bits per heavy atom. The normalized spacial score (nSPS) is 11.1. The smallest absolute Gasteiger partial charge is 0.337 e. The Hall–Kier alpha value is -4.21. The summed E-state index contributed by atoms with van der Waals surface area (Å²) in [4.78, 5) is 12.0. The van der Waals surface area contributed by atoms with Crippen molar-refractivity contribution in [2.75, 3.05) is 16.6 Å². The van der Waals surface area contributed by atoms with Gasteiger partial charge in [0.15, 0.2) is 0 Å². The van der Waals surface area contributed by atoms with Crippen LogP contribution >= 0.6 is 11.6 Å². The fourth-order valence-electron chi connectivity index (χ4n) is 3.90. The van der Waals surface area contributed by atoms with Crippen LogP contribution in [0.15, 0.2) is 95.9 Å². The van der Waals surface area contributed by atoms with Crippen molar-refractivity contribution in [3.63, 3.8) is 0 Å². The van der Waals surface area contributed by atoms with Crippen LogP contribution in [-0.2, 0) is 23.2 Å². The lowest BCUT2D eigenvalue weighted by Gasteiger charge is -2.14. The second-order valence-electron chi connectivity index (χ2n) is 9.23. The number of aromatic carboxylic acids is 1. The lowest BCUT2D eigenvalue weighted by molar-refractivity contribution is 0.0698. The summed E-state index contributed by atoms with van der Waals surface area (Å²) in [6.07, 6.45) is 1.89. The summed E-state index contributed by atoms with van der Waals surface area (Å²) in [5.74, 6) is -0.0292. The zero-order valence-corrected chi connectivity index (χ0v) is 24.0. The average Bonchev–Trinajstić information content (AvgIpc) is 2.96. The van der Waals surface area contributed by atoms with E-state index in [4.69, 9.17) is 21.1 Å². The summed E-state index contributed by atoms with van der Waals surface area (Å²) >= 11 is 6.20. The summed E-state index contributed by atoms with van der Waals surface area (Å²) in [6.45, 7) is 3.32. The molecular weight excluding hydrogens is 564 g/mol. The third-order valence-electron chi connectivity index (χ3n) is 6.14. The SMILES string of the molecule is CCCCOc1ccc(S(=O)(=O)Nc2ccc(NCc3cccc(OCc4ccccc4Cl)c3)cc2C(=O)O)cc1. The van der Waals surface area contributed by atoms with E-state index >= 15 is 0 Å². The molecule has 0 aliphatic rings. The van der Waals surface area contributed by atoms with E-state index in [9.17, 15) is 18.3 Å². The highest BCUT2D eigenvalue weighted by atomic mass is 35.5. The van der Waals surface area contributed by atoms with Crippen molar-refractivity contribution in [2.24, 2.45) is 0 Å². The minimum atomic E-state index is -4.02. The van der Waals surface area contributed by atoms with E-state index in [0.29, 0.717) is 42.0 Å². The summed E-state index contributed by atoms with van der Waals surface area (Å²) in [6, 6.07) is 25.4. The van der Waals surface area contributed by atoms with Crippen LogP contribution in [0.1, 0.15) is 41.3 Å². The van der Waals surface area contributed by atoms with Crippen molar-refractivity contribution < 1.29 is 27.8 Å². The predicted molar refractivity (Wildman–Crippen MR) is 161 cm³/mol. The van der Waals surface area contributed by atoms with Gasteiger partial charge < -0.3 is 19.9 Å². The third kappa shape index (κ3) is 8.39. The summed E-state index contributed by atoms with van der Waals surface area (Å²) in [5, 5.41) is 13.6. The fraction of sp³-hybridized carbons (Fsp3) is 0.194. The topological polar surface area (TPSA) is 114 Å². The first-order chi connectivity index (χ1) is 19.7. The quantitative estimate of drug-likeness (QED) is 0.132. The number of hydrogen-bond donors (Lipinski definition) is 3. The Kier molecular flexibility index (Phi) is 10.1. The number of anilines is 2. The lowest BCUT2D eigenvalue weighted by Crippen LogP contribution is -2.16. The number of benzene rings is 4. The minimum Gasteiger partial charge on any atom is -0.494 e. The minimum absolute atomic E-state index is 0.00415. The standard InChI is InChI=1S/C31H31ClN2O6S/c1-2-3-17-39-25-12-14-27(15-13-25)41(37,38)34-30-16-11-24(19-28(30)31(35)36)33-20-22-7-6-9-26(18-22)40-21-23-8-4-5-10-29(23)32/h4-16,18-19,33-34H,2-3,17,20-21H2,1H3,(H,35,36). The number of nitrogens with one attached hydrogen (secondary N) is 2. The van der Waals surface area contributed by atoms with Gasteiger partial charge >= 0.3 is 5.97 Å². The number of halogens is 1. The molecule has 3 N–H and O–H groups in total. The maximum atomic E-state index is 13.0. The molecule has 0 saturated heterocycles. The van der Waals surface area contributed by atoms with Crippen molar-refractivity contribution in [2.45, 2.75) is 37.8 Å². The van der Waals surface area contributed by atoms with Gasteiger partial charge in [0.05, 0.1) is 22.8 Å². The van der Waals surface area contributed by atoms with Crippen molar-refractivity contribution in [1.82, 2.24) is 0 Å². The van der Waals surface area contributed by atoms with Gasteiger partial charge in [-0.3, -0.25) is 4.72 Å². The molecule has 8 nitrogen and oxygen atoms in total. The molecule has 214 valence electrons. The highest BCUT2D eigenvalue weighted by Gasteiger charge is 2.19. The summed E-state index contributed by atoms with van der Waals surface area (Å²) < 4.78 is 39.8. The molecule has 0 saturated carbocycles. The van der Waals surface area contributed by atoms with Crippen LogP contribution in [0.25, 0.3) is 0 Å². The molecule has 0 heterocycles. The highest BCUT2D eigenvalue weighted by Crippen LogP contribution is 2.26. The van der Waals surface area contributed by atoms with Gasteiger partial charge in [0.1, 0.15) is 18.1 Å². The molecule has 0 unspecified atom stereocenters. The molecule has 0 atom stereocenters. The maximum absolute atomic E-state index is 13.0. The van der Waals surface area contributed by atoms with Crippen molar-refractivity contribution in [1.29, 1.82) is 0 Å². The number of hydrogen-bond acceptors (Lipinski definition) is 6. The van der Waals surface area contributed by atoms with Gasteiger partial charge in [0.25, 0.3) is 10.0 Å². The number of unbranched alkanes of at least 4 members (excludes halogenated alkanes) is 1. The van der Waals surface area contributed by atoms with Gasteiger partial charge in [-0.05, 0) is 72.6 Å². The Labute approximate surface area is 245 Å². The molecule has 0 aromatic heterocycles. The van der Waals surface area contributed by atoms with Crippen LogP contribution in [0.5, 0.6) is 11.5 Å². The van der Waals surface area contributed by atoms with Crippen LogP contribution in [0, 0.1) is 0 Å². The fourth-order valence-corrected chi connectivity index (χ4v) is 5.17. The van der Waals surface area contributed by atoms with Crippen molar-refractivity contribution in [3.05, 3.63) is 113 Å². The molecule has 0 radical (unpaired) electrons. The summed E-state index contributed by atoms with van der Waals surface area (Å²) in [7, 11) is -4.02. The third-order valence-corrected chi connectivity index (χ3v) is 7.89. The number of sulfonamides is 1. The van der Waals surface area contributed by atoms with Crippen LogP contribution in [0.4, 0.5) is 11.4 Å². The number of carboxylic acids is 1. The van der Waals surface area contributed by atoms with Crippen LogP contribution in [0.3, 0.4) is 0 Å². The molecule has 4 rings (SSSR count). The molecular formula is C31H31ClN2O6S. The number of carboxylic acid groups (broad SMARTS) is 1. The molecule has 0 aliphatic heterocycles. The first-order valence-electron chi connectivity index (χ1n) is 13.1. The van der Waals surface area contributed by atoms with E-state index < -0.39 is 16.0 Å². The van der Waals surface area contributed by atoms with Gasteiger partial charge in [0, 0.05) is 22.8 Å². The van der Waals surface area contributed by atoms with Crippen molar-refractivity contribution >= 4 is 39.0 Å². The van der Waals surface area contributed by atoms with E-state index in [2.05, 4.69) is 17.0 Å². The first kappa shape index (κ1) is 29.8. The number of rotatable bonds is 14. The monoisotopic (exact) mass is 594 g/mol. The lowest BCUT2D eigenvalue weighted by atomic mass is 10.1. The second-order valence-corrected chi connectivity index (χ2v) is 11.3. The zero-order valence-electron chi connectivity index (χ0n) is 22.5. The average molecular weight is 595 g/mol. The van der Waals surface area contributed by atoms with E-state index in [1.165, 1.54) is 24.3 Å². The molecule has 0 spiro atoms. The Balaban J connectivity index is 1.41. The molecule has 4 aromatic carbocycles. The highest BCUT2D eigenvalue weighted by molar-refractivity contribution is 7.92. The molecule has 0 amide bonds. The Bertz CT molecular complexity index is 1590. The van der Waals surface area contributed by atoms with Crippen molar-refractivity contribution in [3.8, 4) is 11.5 Å². The molecule has 0 aliphatic carbocycles. The number of ether oxygens (including phenoxy) is 2. The van der Waals surface area contributed by atoms with Gasteiger partial charge in [-0.1, -0.05) is 55.3 Å². The Morgan fingerprint density at radius 1 is 0.902 bits per heavy atom. The molecule has 0 fully saturated rings. The van der Waals surface area contributed by atoms with Crippen LogP contribution in [0.2, 0.25) is 5.02 Å². The van der Waals surface area contributed by atoms with Gasteiger partial charge in [-0.25, -0.2) is 13.2 Å². The predicted octanol–water partition coefficient (Wildman–Crippen LogP) is 7.21.